The molecule has 0 radical (unpaired) electrons. The number of aromatic nitrogens is 2. The fourth-order valence-electron chi connectivity index (χ4n) is 1.56. The van der Waals surface area contributed by atoms with E-state index in [1.165, 1.54) is 12.5 Å². The molecule has 1 aliphatic rings. The minimum absolute atomic E-state index is 0.0816. The molecule has 1 saturated heterocycles. The van der Waals surface area contributed by atoms with Crippen LogP contribution < -0.4 is 0 Å². The Balaban J connectivity index is 2.20. The van der Waals surface area contributed by atoms with Crippen LogP contribution in [-0.2, 0) is 0 Å². The Kier molecular flexibility index (Phi) is 1.77. The zero-order valence-electron chi connectivity index (χ0n) is 7.25. The first-order valence-electron chi connectivity index (χ1n) is 4.03. The molecule has 0 aliphatic carbocycles. The smallest absolute Gasteiger partial charge is 0.342 e. The summed E-state index contributed by atoms with van der Waals surface area (Å²) >= 11 is 0. The normalized spacial score (nSPS) is 18.5. The van der Waals surface area contributed by atoms with Crippen molar-refractivity contribution in [1.82, 2.24) is 14.5 Å². The zero-order valence-corrected chi connectivity index (χ0v) is 7.25. The minimum atomic E-state index is -0.397. The van der Waals surface area contributed by atoms with Crippen molar-refractivity contribution >= 4 is 5.82 Å². The zero-order chi connectivity index (χ0) is 9.42. The third kappa shape index (κ3) is 1.29. The van der Waals surface area contributed by atoms with Crippen molar-refractivity contribution in [3.05, 3.63) is 22.6 Å². The van der Waals surface area contributed by atoms with Crippen LogP contribution in [0.15, 0.2) is 12.5 Å². The van der Waals surface area contributed by atoms with Gasteiger partial charge in [0.2, 0.25) is 0 Å². The monoisotopic (exact) mass is 182 g/mol. The van der Waals surface area contributed by atoms with Crippen LogP contribution in [0.1, 0.15) is 6.04 Å². The maximum atomic E-state index is 10.5. The Morgan fingerprint density at radius 2 is 2.38 bits per heavy atom. The molecule has 0 bridgehead atoms. The van der Waals surface area contributed by atoms with E-state index in [2.05, 4.69) is 9.88 Å². The fourth-order valence-corrected chi connectivity index (χ4v) is 1.56. The molecule has 0 amide bonds. The van der Waals surface area contributed by atoms with Gasteiger partial charge in [-0.1, -0.05) is 0 Å². The second kappa shape index (κ2) is 2.81. The second-order valence-corrected chi connectivity index (χ2v) is 3.29. The van der Waals surface area contributed by atoms with Gasteiger partial charge >= 0.3 is 5.82 Å². The SMILES string of the molecule is CN1CC(n2cncc2[N+](=O)[O-])C1. The molecular weight excluding hydrogens is 172 g/mol. The van der Waals surface area contributed by atoms with Gasteiger partial charge in [-0.15, -0.1) is 0 Å². The number of hydrogen-bond acceptors (Lipinski definition) is 4. The van der Waals surface area contributed by atoms with Crippen molar-refractivity contribution in [2.75, 3.05) is 20.1 Å². The first-order valence-corrected chi connectivity index (χ1v) is 4.03. The number of likely N-dealkylation sites (tertiary alicyclic amines) is 1. The molecule has 1 fully saturated rings. The van der Waals surface area contributed by atoms with Gasteiger partial charge in [0.1, 0.15) is 12.2 Å². The summed E-state index contributed by atoms with van der Waals surface area (Å²) in [5.74, 6) is 0.0816. The van der Waals surface area contributed by atoms with Gasteiger partial charge in [0, 0.05) is 13.1 Å². The lowest BCUT2D eigenvalue weighted by Crippen LogP contribution is -2.44. The molecule has 1 aromatic heterocycles. The standard InChI is InChI=1S/C7H10N4O2/c1-9-3-6(4-9)10-5-8-2-7(10)11(12)13/h2,5-6H,3-4H2,1H3. The lowest BCUT2D eigenvalue weighted by Gasteiger charge is -2.33. The van der Waals surface area contributed by atoms with Gasteiger partial charge in [-0.25, -0.2) is 9.55 Å². The van der Waals surface area contributed by atoms with Crippen LogP contribution in [0.4, 0.5) is 5.82 Å². The van der Waals surface area contributed by atoms with Crippen LogP contribution in [-0.4, -0.2) is 39.5 Å². The first kappa shape index (κ1) is 8.18. The lowest BCUT2D eigenvalue weighted by atomic mass is 10.1. The highest BCUT2D eigenvalue weighted by Gasteiger charge is 2.31. The van der Waals surface area contributed by atoms with Crippen LogP contribution in [0.5, 0.6) is 0 Å². The number of likely N-dealkylation sites (N-methyl/N-ethyl adjacent to an activating group) is 1. The molecule has 0 saturated carbocycles. The molecule has 0 atom stereocenters. The number of nitro groups is 1. The topological polar surface area (TPSA) is 64.2 Å². The number of nitrogens with zero attached hydrogens (tertiary/aromatic N) is 4. The Morgan fingerprint density at radius 1 is 1.69 bits per heavy atom. The highest BCUT2D eigenvalue weighted by molar-refractivity contribution is 5.17. The molecule has 6 nitrogen and oxygen atoms in total. The molecule has 1 aliphatic heterocycles. The van der Waals surface area contributed by atoms with Crippen LogP contribution in [0, 0.1) is 10.1 Å². The van der Waals surface area contributed by atoms with E-state index in [0.717, 1.165) is 13.1 Å². The van der Waals surface area contributed by atoms with Gasteiger partial charge in [0.25, 0.3) is 0 Å². The van der Waals surface area contributed by atoms with E-state index in [1.54, 1.807) is 4.57 Å². The van der Waals surface area contributed by atoms with Crippen molar-refractivity contribution in [3.8, 4) is 0 Å². The van der Waals surface area contributed by atoms with Gasteiger partial charge in [0.15, 0.2) is 6.33 Å². The summed E-state index contributed by atoms with van der Waals surface area (Å²) in [7, 11) is 1.99. The molecule has 13 heavy (non-hydrogen) atoms. The molecule has 0 aromatic carbocycles. The van der Waals surface area contributed by atoms with E-state index < -0.39 is 4.92 Å². The molecule has 6 heteroatoms. The van der Waals surface area contributed by atoms with Crippen molar-refractivity contribution < 1.29 is 4.92 Å². The Labute approximate surface area is 74.9 Å². The molecule has 1 aromatic rings. The summed E-state index contributed by atoms with van der Waals surface area (Å²) in [5, 5.41) is 10.5. The third-order valence-electron chi connectivity index (χ3n) is 2.27. The molecule has 0 N–H and O–H groups in total. The van der Waals surface area contributed by atoms with E-state index in [1.807, 2.05) is 7.05 Å². The quantitative estimate of drug-likeness (QED) is 0.486. The van der Waals surface area contributed by atoms with E-state index in [-0.39, 0.29) is 11.9 Å². The summed E-state index contributed by atoms with van der Waals surface area (Å²) in [6.07, 6.45) is 2.81. The van der Waals surface area contributed by atoms with Crippen LogP contribution in [0.2, 0.25) is 0 Å². The predicted octanol–water partition coefficient (Wildman–Crippen LogP) is 0.278. The van der Waals surface area contributed by atoms with Gasteiger partial charge in [-0.2, -0.15) is 0 Å². The van der Waals surface area contributed by atoms with Gasteiger partial charge in [0.05, 0.1) is 0 Å². The summed E-state index contributed by atoms with van der Waals surface area (Å²) in [6, 6.07) is 0.216. The summed E-state index contributed by atoms with van der Waals surface area (Å²) in [5.41, 5.74) is 0. The van der Waals surface area contributed by atoms with E-state index in [9.17, 15) is 10.1 Å². The molecule has 2 rings (SSSR count). The highest BCUT2D eigenvalue weighted by Crippen LogP contribution is 2.24. The largest absolute Gasteiger partial charge is 0.358 e. The Morgan fingerprint density at radius 3 is 2.92 bits per heavy atom. The molecule has 70 valence electrons. The fraction of sp³-hybridized carbons (Fsp3) is 0.571. The Bertz CT molecular complexity index is 329. The van der Waals surface area contributed by atoms with Crippen LogP contribution in [0.25, 0.3) is 0 Å². The molecule has 0 unspecified atom stereocenters. The van der Waals surface area contributed by atoms with Crippen molar-refractivity contribution in [1.29, 1.82) is 0 Å². The predicted molar refractivity (Wildman–Crippen MR) is 45.4 cm³/mol. The van der Waals surface area contributed by atoms with E-state index >= 15 is 0 Å². The number of rotatable bonds is 2. The molecule has 2 heterocycles. The van der Waals surface area contributed by atoms with Gasteiger partial charge in [-0.05, 0) is 12.0 Å². The lowest BCUT2D eigenvalue weighted by molar-refractivity contribution is -0.393. The van der Waals surface area contributed by atoms with Crippen molar-refractivity contribution in [2.24, 2.45) is 0 Å². The highest BCUT2D eigenvalue weighted by atomic mass is 16.6. The van der Waals surface area contributed by atoms with E-state index in [0.29, 0.717) is 0 Å². The van der Waals surface area contributed by atoms with Crippen molar-refractivity contribution in [2.45, 2.75) is 6.04 Å². The van der Waals surface area contributed by atoms with Gasteiger partial charge in [-0.3, -0.25) is 4.90 Å². The van der Waals surface area contributed by atoms with Crippen LogP contribution in [0.3, 0.4) is 0 Å². The maximum Gasteiger partial charge on any atom is 0.342 e. The Hall–Kier alpha value is -1.43. The maximum absolute atomic E-state index is 10.5. The first-order chi connectivity index (χ1) is 6.18. The molecule has 0 spiro atoms. The van der Waals surface area contributed by atoms with Gasteiger partial charge < -0.3 is 10.1 Å². The average molecular weight is 182 g/mol. The average Bonchev–Trinajstić information content (AvgIpc) is 2.45. The summed E-state index contributed by atoms with van der Waals surface area (Å²) in [6.45, 7) is 1.72. The molecular formula is C7H10N4O2. The van der Waals surface area contributed by atoms with Crippen LogP contribution >= 0.6 is 0 Å². The minimum Gasteiger partial charge on any atom is -0.358 e. The third-order valence-corrected chi connectivity index (χ3v) is 2.27. The van der Waals surface area contributed by atoms with E-state index in [4.69, 9.17) is 0 Å². The summed E-state index contributed by atoms with van der Waals surface area (Å²) in [4.78, 5) is 16.0. The van der Waals surface area contributed by atoms with Crippen molar-refractivity contribution in [3.63, 3.8) is 0 Å². The summed E-state index contributed by atoms with van der Waals surface area (Å²) < 4.78 is 1.62. The second-order valence-electron chi connectivity index (χ2n) is 3.29. The number of imidazole rings is 1. The number of hydrogen-bond donors (Lipinski definition) is 0.